The topological polar surface area (TPSA) is 78.9 Å². The van der Waals surface area contributed by atoms with Crippen molar-refractivity contribution in [3.8, 4) is 0 Å². The Balaban J connectivity index is 4.04. The molecular weight excluding hydrogens is 985 g/mol. The Labute approximate surface area is 499 Å². The maximum atomic E-state index is 12.9. The lowest BCUT2D eigenvalue weighted by Gasteiger charge is -2.18. The van der Waals surface area contributed by atoms with Gasteiger partial charge in [-0.1, -0.05) is 346 Å². The van der Waals surface area contributed by atoms with Crippen molar-refractivity contribution in [1.29, 1.82) is 0 Å². The van der Waals surface area contributed by atoms with Gasteiger partial charge in [0.25, 0.3) is 0 Å². The number of esters is 3. The first kappa shape index (κ1) is 77.6. The summed E-state index contributed by atoms with van der Waals surface area (Å²) in [5.74, 6) is -0.864. The lowest BCUT2D eigenvalue weighted by molar-refractivity contribution is -0.167. The molecule has 470 valence electrons. The molecule has 0 fully saturated rings. The van der Waals surface area contributed by atoms with E-state index in [0.29, 0.717) is 19.3 Å². The summed E-state index contributed by atoms with van der Waals surface area (Å²) in [6.45, 7) is 6.61. The van der Waals surface area contributed by atoms with E-state index in [4.69, 9.17) is 14.2 Å². The number of ether oxygens (including phenoxy) is 3. The molecule has 6 nitrogen and oxygen atoms in total. The standard InChI is InChI=1S/C74H138O6/c1-4-7-10-13-16-19-22-24-26-28-30-31-32-33-34-35-36-37-38-39-40-41-42-43-45-46-48-50-52-55-58-61-64-67-73(76)79-70-71(69-78-72(75)66-63-60-57-54-21-18-15-12-9-6-3)80-74(77)68-65-62-59-56-53-51-49-47-44-29-27-25-23-20-17-14-11-8-5-2/h12,15,17,20,25,27,71H,4-11,13-14,16,18-19,21-24,26,28-70H2,1-3H3/b15-12-,20-17-,27-25-. The smallest absolute Gasteiger partial charge is 0.306 e. The van der Waals surface area contributed by atoms with E-state index in [-0.39, 0.29) is 31.1 Å². The van der Waals surface area contributed by atoms with Crippen LogP contribution in [0.2, 0.25) is 0 Å². The number of carbonyl (C=O) groups is 3. The molecule has 0 saturated carbocycles. The zero-order valence-electron chi connectivity index (χ0n) is 54.1. The highest BCUT2D eigenvalue weighted by Gasteiger charge is 2.19. The average Bonchev–Trinajstić information content (AvgIpc) is 3.46. The van der Waals surface area contributed by atoms with Crippen LogP contribution in [-0.4, -0.2) is 37.2 Å². The van der Waals surface area contributed by atoms with Crippen LogP contribution in [0.4, 0.5) is 0 Å². The molecule has 0 rings (SSSR count). The quantitative estimate of drug-likeness (QED) is 0.0261. The maximum absolute atomic E-state index is 12.9. The van der Waals surface area contributed by atoms with Crippen molar-refractivity contribution in [2.45, 2.75) is 406 Å². The largest absolute Gasteiger partial charge is 0.462 e. The molecule has 0 N–H and O–H groups in total. The molecule has 0 aromatic carbocycles. The van der Waals surface area contributed by atoms with Crippen LogP contribution in [0.5, 0.6) is 0 Å². The molecule has 0 aromatic heterocycles. The van der Waals surface area contributed by atoms with Crippen molar-refractivity contribution < 1.29 is 28.6 Å². The summed E-state index contributed by atoms with van der Waals surface area (Å²) < 4.78 is 16.9. The first-order chi connectivity index (χ1) is 39.5. The van der Waals surface area contributed by atoms with Crippen LogP contribution < -0.4 is 0 Å². The predicted molar refractivity (Wildman–Crippen MR) is 349 cm³/mol. The van der Waals surface area contributed by atoms with Crippen molar-refractivity contribution >= 4 is 17.9 Å². The molecule has 6 heteroatoms. The Bertz CT molecular complexity index is 1340. The van der Waals surface area contributed by atoms with Gasteiger partial charge in [-0.05, 0) is 70.6 Å². The van der Waals surface area contributed by atoms with Crippen LogP contribution in [-0.2, 0) is 28.6 Å². The third-order valence-corrected chi connectivity index (χ3v) is 16.3. The van der Waals surface area contributed by atoms with E-state index in [1.165, 1.54) is 283 Å². The molecule has 0 radical (unpaired) electrons. The molecule has 0 amide bonds. The second kappa shape index (κ2) is 69.1. The van der Waals surface area contributed by atoms with Crippen molar-refractivity contribution in [3.05, 3.63) is 36.5 Å². The van der Waals surface area contributed by atoms with E-state index in [2.05, 4.69) is 57.2 Å². The highest BCUT2D eigenvalue weighted by Crippen LogP contribution is 2.19. The van der Waals surface area contributed by atoms with Crippen LogP contribution in [0, 0.1) is 0 Å². The fourth-order valence-electron chi connectivity index (χ4n) is 11.0. The van der Waals surface area contributed by atoms with Crippen LogP contribution in [0.1, 0.15) is 400 Å². The minimum Gasteiger partial charge on any atom is -0.462 e. The number of hydrogen-bond donors (Lipinski definition) is 0. The van der Waals surface area contributed by atoms with Crippen LogP contribution in [0.3, 0.4) is 0 Å². The Morgan fingerprint density at radius 2 is 0.475 bits per heavy atom. The second-order valence-corrected chi connectivity index (χ2v) is 24.5. The Hall–Kier alpha value is -2.37. The van der Waals surface area contributed by atoms with Crippen molar-refractivity contribution in [2.75, 3.05) is 13.2 Å². The van der Waals surface area contributed by atoms with Gasteiger partial charge in [0.2, 0.25) is 0 Å². The van der Waals surface area contributed by atoms with Crippen molar-refractivity contribution in [3.63, 3.8) is 0 Å². The van der Waals surface area contributed by atoms with Crippen molar-refractivity contribution in [1.82, 2.24) is 0 Å². The Kier molecular flexibility index (Phi) is 67.1. The zero-order chi connectivity index (χ0) is 57.8. The monoisotopic (exact) mass is 1120 g/mol. The van der Waals surface area contributed by atoms with E-state index in [9.17, 15) is 14.4 Å². The maximum Gasteiger partial charge on any atom is 0.306 e. The third kappa shape index (κ3) is 66.4. The molecule has 0 saturated heterocycles. The number of carbonyl (C=O) groups excluding carboxylic acids is 3. The lowest BCUT2D eigenvalue weighted by atomic mass is 10.0. The SMILES string of the molecule is CCC/C=C\CCCCCCCC(=O)OCC(COC(=O)CCCCCCCCCCCCCCCCCCCCCCCCCCCCCCCCCCC)OC(=O)CCCCCCCCCCC/C=C\C/C=C\CCCCC. The highest BCUT2D eigenvalue weighted by molar-refractivity contribution is 5.71. The summed E-state index contributed by atoms with van der Waals surface area (Å²) in [5, 5.41) is 0. The fraction of sp³-hybridized carbons (Fsp3) is 0.878. The van der Waals surface area contributed by atoms with Gasteiger partial charge in [-0.3, -0.25) is 14.4 Å². The van der Waals surface area contributed by atoms with E-state index in [1.807, 2.05) is 0 Å². The summed E-state index contributed by atoms with van der Waals surface area (Å²) in [6.07, 6.45) is 86.4. The zero-order valence-corrected chi connectivity index (χ0v) is 54.1. The van der Waals surface area contributed by atoms with Gasteiger partial charge in [0.05, 0.1) is 0 Å². The summed E-state index contributed by atoms with van der Waals surface area (Å²) >= 11 is 0. The fourth-order valence-corrected chi connectivity index (χ4v) is 11.0. The first-order valence-electron chi connectivity index (χ1n) is 36.0. The summed E-state index contributed by atoms with van der Waals surface area (Å²) in [5.41, 5.74) is 0. The van der Waals surface area contributed by atoms with Gasteiger partial charge < -0.3 is 14.2 Å². The molecule has 0 bridgehead atoms. The van der Waals surface area contributed by atoms with E-state index >= 15 is 0 Å². The molecule has 0 heterocycles. The van der Waals surface area contributed by atoms with Crippen LogP contribution in [0.25, 0.3) is 0 Å². The van der Waals surface area contributed by atoms with Crippen LogP contribution in [0.15, 0.2) is 36.5 Å². The molecule has 0 aromatic rings. The Morgan fingerprint density at radius 3 is 0.775 bits per heavy atom. The molecule has 1 atom stereocenters. The van der Waals surface area contributed by atoms with Gasteiger partial charge in [-0.2, -0.15) is 0 Å². The van der Waals surface area contributed by atoms with E-state index in [1.54, 1.807) is 0 Å². The third-order valence-electron chi connectivity index (χ3n) is 16.3. The second-order valence-electron chi connectivity index (χ2n) is 24.5. The van der Waals surface area contributed by atoms with Gasteiger partial charge in [-0.25, -0.2) is 0 Å². The normalized spacial score (nSPS) is 12.2. The summed E-state index contributed by atoms with van der Waals surface area (Å²) in [4.78, 5) is 38.3. The summed E-state index contributed by atoms with van der Waals surface area (Å²) in [7, 11) is 0. The van der Waals surface area contributed by atoms with Gasteiger partial charge >= 0.3 is 17.9 Å². The molecule has 80 heavy (non-hydrogen) atoms. The van der Waals surface area contributed by atoms with Crippen molar-refractivity contribution in [2.24, 2.45) is 0 Å². The minimum absolute atomic E-state index is 0.0724. The summed E-state index contributed by atoms with van der Waals surface area (Å²) in [6, 6.07) is 0. The molecule has 0 aliphatic rings. The highest BCUT2D eigenvalue weighted by atomic mass is 16.6. The van der Waals surface area contributed by atoms with Gasteiger partial charge in [0.15, 0.2) is 6.10 Å². The molecule has 0 aliphatic heterocycles. The minimum atomic E-state index is -0.776. The molecule has 0 spiro atoms. The van der Waals surface area contributed by atoms with E-state index < -0.39 is 6.10 Å². The first-order valence-corrected chi connectivity index (χ1v) is 36.0. The molecule has 0 aliphatic carbocycles. The van der Waals surface area contributed by atoms with E-state index in [0.717, 1.165) is 77.0 Å². The lowest BCUT2D eigenvalue weighted by Crippen LogP contribution is -2.30. The molecular formula is C74H138O6. The average molecular weight is 1120 g/mol. The van der Waals surface area contributed by atoms with Gasteiger partial charge in [0.1, 0.15) is 13.2 Å². The van der Waals surface area contributed by atoms with Crippen LogP contribution >= 0.6 is 0 Å². The Morgan fingerprint density at radius 1 is 0.250 bits per heavy atom. The van der Waals surface area contributed by atoms with Gasteiger partial charge in [-0.15, -0.1) is 0 Å². The molecule has 1 unspecified atom stereocenters. The number of unbranched alkanes of at least 4 members (excludes halogenated alkanes) is 50. The van der Waals surface area contributed by atoms with Gasteiger partial charge in [0, 0.05) is 19.3 Å². The number of allylic oxidation sites excluding steroid dienone is 6. The number of hydrogen-bond acceptors (Lipinski definition) is 6. The predicted octanol–water partition coefficient (Wildman–Crippen LogP) is 24.7. The number of rotatable bonds is 67.